The van der Waals surface area contributed by atoms with Crippen molar-refractivity contribution in [1.82, 2.24) is 0 Å². The van der Waals surface area contributed by atoms with Crippen molar-refractivity contribution in [3.05, 3.63) is 175 Å². The van der Waals surface area contributed by atoms with Crippen LogP contribution in [0.3, 0.4) is 0 Å². The zero-order valence-electron chi connectivity index (χ0n) is 25.4. The molecule has 0 spiro atoms. The number of hydrogen-bond acceptors (Lipinski definition) is 0. The van der Waals surface area contributed by atoms with Gasteiger partial charge in [0, 0.05) is 5.92 Å². The third kappa shape index (κ3) is 3.68. The second-order valence-electron chi connectivity index (χ2n) is 12.7. The highest BCUT2D eigenvalue weighted by atomic mass is 14.3. The van der Waals surface area contributed by atoms with Gasteiger partial charge in [0.25, 0.3) is 0 Å². The molecular formula is C46H30. The van der Waals surface area contributed by atoms with E-state index in [0.29, 0.717) is 5.92 Å². The van der Waals surface area contributed by atoms with Crippen molar-refractivity contribution < 1.29 is 0 Å². The molecule has 1 atom stereocenters. The van der Waals surface area contributed by atoms with Gasteiger partial charge >= 0.3 is 0 Å². The Bertz CT molecular complexity index is 2450. The van der Waals surface area contributed by atoms with E-state index in [1.807, 2.05) is 0 Å². The molecule has 3 aliphatic rings. The van der Waals surface area contributed by atoms with E-state index in [9.17, 15) is 0 Å². The molecule has 0 fully saturated rings. The quantitative estimate of drug-likeness (QED) is 0.182. The van der Waals surface area contributed by atoms with E-state index >= 15 is 0 Å². The Hall–Kier alpha value is -5.72. The molecule has 46 heavy (non-hydrogen) atoms. The average Bonchev–Trinajstić information content (AvgIpc) is 3.45. The summed E-state index contributed by atoms with van der Waals surface area (Å²) in [6, 6.07) is 47.4. The predicted octanol–water partition coefficient (Wildman–Crippen LogP) is 12.6. The van der Waals surface area contributed by atoms with Gasteiger partial charge in [-0.1, -0.05) is 164 Å². The molecule has 0 amide bonds. The fourth-order valence-corrected chi connectivity index (χ4v) is 8.24. The maximum Gasteiger partial charge on any atom is 0.00561 e. The molecular weight excluding hydrogens is 553 g/mol. The first-order valence-electron chi connectivity index (χ1n) is 16.3. The minimum atomic E-state index is 0.484. The fourth-order valence-electron chi connectivity index (χ4n) is 8.24. The molecule has 0 nitrogen and oxygen atoms in total. The first-order valence-corrected chi connectivity index (χ1v) is 16.3. The molecule has 0 bridgehead atoms. The van der Waals surface area contributed by atoms with Crippen molar-refractivity contribution in [1.29, 1.82) is 0 Å². The minimum absolute atomic E-state index is 0.484. The van der Waals surface area contributed by atoms with Crippen LogP contribution in [-0.2, 0) is 0 Å². The van der Waals surface area contributed by atoms with E-state index in [2.05, 4.69) is 164 Å². The molecule has 0 N–H and O–H groups in total. The van der Waals surface area contributed by atoms with Crippen LogP contribution < -0.4 is 0 Å². The van der Waals surface area contributed by atoms with Gasteiger partial charge in [-0.3, -0.25) is 0 Å². The maximum atomic E-state index is 2.41. The van der Waals surface area contributed by atoms with Crippen LogP contribution in [-0.4, -0.2) is 0 Å². The normalized spacial score (nSPS) is 16.0. The van der Waals surface area contributed by atoms with Crippen molar-refractivity contribution in [3.63, 3.8) is 0 Å². The first-order chi connectivity index (χ1) is 22.8. The predicted molar refractivity (Wildman–Crippen MR) is 197 cm³/mol. The molecule has 3 aliphatic carbocycles. The molecule has 0 radical (unpaired) electrons. The van der Waals surface area contributed by atoms with Gasteiger partial charge in [-0.25, -0.2) is 0 Å². The van der Waals surface area contributed by atoms with E-state index in [1.54, 1.807) is 0 Å². The van der Waals surface area contributed by atoms with Gasteiger partial charge < -0.3 is 0 Å². The Morgan fingerprint density at radius 1 is 0.457 bits per heavy atom. The molecule has 7 aromatic rings. The van der Waals surface area contributed by atoms with Gasteiger partial charge in [0.05, 0.1) is 0 Å². The average molecular weight is 583 g/mol. The van der Waals surface area contributed by atoms with Crippen LogP contribution in [0.1, 0.15) is 12.0 Å². The van der Waals surface area contributed by atoms with E-state index in [-0.39, 0.29) is 0 Å². The minimum Gasteiger partial charge on any atom is -0.0836 e. The highest BCUT2D eigenvalue weighted by molar-refractivity contribution is 6.21. The Morgan fingerprint density at radius 2 is 1.02 bits per heavy atom. The van der Waals surface area contributed by atoms with Crippen LogP contribution in [0.15, 0.2) is 169 Å². The lowest BCUT2D eigenvalue weighted by Gasteiger charge is -2.23. The second-order valence-corrected chi connectivity index (χ2v) is 12.7. The zero-order chi connectivity index (χ0) is 30.2. The smallest absolute Gasteiger partial charge is 0.00561 e. The lowest BCUT2D eigenvalue weighted by atomic mass is 9.80. The number of fused-ring (bicyclic) bond motifs is 6. The summed E-state index contributed by atoms with van der Waals surface area (Å²) < 4.78 is 0. The zero-order valence-corrected chi connectivity index (χ0v) is 25.4. The first kappa shape index (κ1) is 25.6. The number of allylic oxidation sites excluding steroid dienone is 8. The SMILES string of the molecule is C1=CCC2C=CC(c3c4ccccc4c(-c4ccc(-c5ccc6c7c(cccc57)-c5ccccc5-6)cc4)c4ccccc34)=CC2=C1. The van der Waals surface area contributed by atoms with Gasteiger partial charge in [-0.15, -0.1) is 0 Å². The number of benzene rings is 7. The van der Waals surface area contributed by atoms with Crippen LogP contribution >= 0.6 is 0 Å². The van der Waals surface area contributed by atoms with Gasteiger partial charge in [-0.05, 0) is 100.0 Å². The van der Waals surface area contributed by atoms with Crippen LogP contribution in [0.4, 0.5) is 0 Å². The van der Waals surface area contributed by atoms with Gasteiger partial charge in [0.15, 0.2) is 0 Å². The Kier molecular flexibility index (Phi) is 5.50. The van der Waals surface area contributed by atoms with Gasteiger partial charge in [0.1, 0.15) is 0 Å². The van der Waals surface area contributed by atoms with Crippen LogP contribution in [0.25, 0.3) is 82.4 Å². The third-order valence-corrected chi connectivity index (χ3v) is 10.3. The largest absolute Gasteiger partial charge is 0.0836 e. The lowest BCUT2D eigenvalue weighted by molar-refractivity contribution is 0.781. The molecule has 0 heteroatoms. The molecule has 0 aromatic heterocycles. The van der Waals surface area contributed by atoms with E-state index in [1.165, 1.54) is 93.5 Å². The van der Waals surface area contributed by atoms with E-state index < -0.39 is 0 Å². The van der Waals surface area contributed by atoms with Crippen LogP contribution in [0.2, 0.25) is 0 Å². The molecule has 0 saturated carbocycles. The van der Waals surface area contributed by atoms with Crippen LogP contribution in [0.5, 0.6) is 0 Å². The topological polar surface area (TPSA) is 0 Å². The summed E-state index contributed by atoms with van der Waals surface area (Å²) in [7, 11) is 0. The molecule has 0 aliphatic heterocycles. The van der Waals surface area contributed by atoms with Crippen molar-refractivity contribution in [3.8, 4) is 44.5 Å². The molecule has 0 saturated heterocycles. The fraction of sp³-hybridized carbons (Fsp3) is 0.0435. The Morgan fingerprint density at radius 3 is 1.74 bits per heavy atom. The number of rotatable bonds is 3. The van der Waals surface area contributed by atoms with Crippen molar-refractivity contribution in [2.24, 2.45) is 5.92 Å². The summed E-state index contributed by atoms with van der Waals surface area (Å²) in [4.78, 5) is 0. The van der Waals surface area contributed by atoms with Crippen LogP contribution in [0, 0.1) is 5.92 Å². The summed E-state index contributed by atoms with van der Waals surface area (Å²) in [5, 5.41) is 7.87. The molecule has 214 valence electrons. The van der Waals surface area contributed by atoms with E-state index in [0.717, 1.165) is 6.42 Å². The lowest BCUT2D eigenvalue weighted by Crippen LogP contribution is -2.05. The Balaban J connectivity index is 1.14. The van der Waals surface area contributed by atoms with Crippen molar-refractivity contribution in [2.75, 3.05) is 0 Å². The van der Waals surface area contributed by atoms with Crippen molar-refractivity contribution >= 4 is 37.9 Å². The van der Waals surface area contributed by atoms with Gasteiger partial charge in [-0.2, -0.15) is 0 Å². The van der Waals surface area contributed by atoms with Crippen molar-refractivity contribution in [2.45, 2.75) is 6.42 Å². The summed E-state index contributed by atoms with van der Waals surface area (Å²) >= 11 is 0. The van der Waals surface area contributed by atoms with Gasteiger partial charge in [0.2, 0.25) is 0 Å². The summed E-state index contributed by atoms with van der Waals surface area (Å²) in [5.74, 6) is 0.484. The highest BCUT2D eigenvalue weighted by Gasteiger charge is 2.23. The van der Waals surface area contributed by atoms with E-state index in [4.69, 9.17) is 0 Å². The highest BCUT2D eigenvalue weighted by Crippen LogP contribution is 2.49. The second kappa shape index (κ2) is 9.89. The molecule has 10 rings (SSSR count). The molecule has 7 aromatic carbocycles. The molecule has 1 unspecified atom stereocenters. The maximum absolute atomic E-state index is 2.41. The monoisotopic (exact) mass is 582 g/mol. The summed E-state index contributed by atoms with van der Waals surface area (Å²) in [6.45, 7) is 0. The molecule has 0 heterocycles. The number of hydrogen-bond donors (Lipinski definition) is 0. The summed E-state index contributed by atoms with van der Waals surface area (Å²) in [5.41, 5.74) is 14.5. The summed E-state index contributed by atoms with van der Waals surface area (Å²) in [6.07, 6.45) is 15.0. The standard InChI is InChI=1S/C46H30/c1-2-11-32-28-33(25-20-29(32)10-1)45-41-16-7-5-14-39(41)44(40-15-6-8-17-42(40)45)31-23-21-30(22-24-31)34-26-27-43-36-13-4-3-12-35(36)38-19-9-18-37(34)46(38)43/h1-9,11-29H,10H2. The Labute approximate surface area is 269 Å². The third-order valence-electron chi connectivity index (χ3n) is 10.3.